The summed E-state index contributed by atoms with van der Waals surface area (Å²) in [5.74, 6) is -0.209. The number of nitrogens with one attached hydrogen (secondary N) is 1. The van der Waals surface area contributed by atoms with Gasteiger partial charge in [0.05, 0.1) is 23.0 Å². The van der Waals surface area contributed by atoms with Crippen molar-refractivity contribution >= 4 is 34.1 Å². The largest absolute Gasteiger partial charge is 0.416 e. The molecule has 0 bridgehead atoms. The Labute approximate surface area is 198 Å². The van der Waals surface area contributed by atoms with Gasteiger partial charge in [0.15, 0.2) is 0 Å². The topological polar surface area (TPSA) is 56.0 Å². The highest BCUT2D eigenvalue weighted by atomic mass is 35.5. The molecule has 34 heavy (non-hydrogen) atoms. The van der Waals surface area contributed by atoms with Crippen LogP contribution in [0.5, 0.6) is 0 Å². The summed E-state index contributed by atoms with van der Waals surface area (Å²) < 4.78 is 42.1. The molecule has 4 rings (SSSR count). The van der Waals surface area contributed by atoms with Crippen LogP contribution in [-0.4, -0.2) is 15.3 Å². The molecule has 1 heterocycles. The van der Waals surface area contributed by atoms with E-state index in [1.54, 1.807) is 48.1 Å². The van der Waals surface area contributed by atoms with Crippen molar-refractivity contribution in [3.05, 3.63) is 98.8 Å². The molecular formula is C25H21ClF3N3O2. The first kappa shape index (κ1) is 23.6. The first-order valence-electron chi connectivity index (χ1n) is 10.5. The van der Waals surface area contributed by atoms with Gasteiger partial charge in [-0.3, -0.25) is 19.0 Å². The van der Waals surface area contributed by atoms with E-state index in [-0.39, 0.29) is 24.4 Å². The molecule has 1 N–H and O–H groups in total. The van der Waals surface area contributed by atoms with Crippen LogP contribution in [0.4, 0.5) is 18.9 Å². The fourth-order valence-corrected chi connectivity index (χ4v) is 4.05. The molecule has 0 atom stereocenters. The van der Waals surface area contributed by atoms with Gasteiger partial charge < -0.3 is 5.32 Å². The smallest absolute Gasteiger partial charge is 0.326 e. The van der Waals surface area contributed by atoms with Crippen molar-refractivity contribution in [1.82, 2.24) is 9.36 Å². The summed E-state index contributed by atoms with van der Waals surface area (Å²) in [6.45, 7) is 0.0878. The Morgan fingerprint density at radius 1 is 1.00 bits per heavy atom. The lowest BCUT2D eigenvalue weighted by Crippen LogP contribution is -2.19. The van der Waals surface area contributed by atoms with Crippen LogP contribution in [0.1, 0.15) is 23.1 Å². The number of amides is 1. The molecule has 4 aromatic rings. The van der Waals surface area contributed by atoms with Crippen LogP contribution in [-0.2, 0) is 31.0 Å². The Kier molecular flexibility index (Phi) is 6.52. The van der Waals surface area contributed by atoms with Gasteiger partial charge in [0.1, 0.15) is 0 Å². The molecule has 0 unspecified atom stereocenters. The Balaban J connectivity index is 1.53. The standard InChI is InChI=1S/C25H21ClF3N3O2/c1-31-24(34)21-14-20(30-23(33)11-8-16-4-3-7-19(26)13-16)9-10-22(21)32(31)15-17-5-2-6-18(12-17)25(27,28)29/h2-7,9-10,12-14H,8,11,15H2,1H3,(H,30,33). The molecule has 3 aromatic carbocycles. The lowest BCUT2D eigenvalue weighted by Gasteiger charge is -2.12. The lowest BCUT2D eigenvalue weighted by atomic mass is 10.1. The predicted octanol–water partition coefficient (Wildman–Crippen LogP) is 5.63. The molecule has 0 aliphatic heterocycles. The average molecular weight is 488 g/mol. The van der Waals surface area contributed by atoms with Crippen molar-refractivity contribution < 1.29 is 18.0 Å². The number of alkyl halides is 3. The van der Waals surface area contributed by atoms with E-state index in [4.69, 9.17) is 11.6 Å². The zero-order chi connectivity index (χ0) is 24.5. The third-order valence-corrected chi connectivity index (χ3v) is 5.80. The Morgan fingerprint density at radius 2 is 1.74 bits per heavy atom. The number of halogens is 4. The highest BCUT2D eigenvalue weighted by Crippen LogP contribution is 2.30. The monoisotopic (exact) mass is 487 g/mol. The van der Waals surface area contributed by atoms with E-state index < -0.39 is 11.7 Å². The summed E-state index contributed by atoms with van der Waals surface area (Å²) in [6.07, 6.45) is -3.68. The van der Waals surface area contributed by atoms with E-state index in [2.05, 4.69) is 5.32 Å². The van der Waals surface area contributed by atoms with Gasteiger partial charge in [0.2, 0.25) is 5.91 Å². The van der Waals surface area contributed by atoms with Crippen LogP contribution >= 0.6 is 11.6 Å². The predicted molar refractivity (Wildman–Crippen MR) is 126 cm³/mol. The summed E-state index contributed by atoms with van der Waals surface area (Å²) in [5, 5.41) is 3.76. The molecule has 176 valence electrons. The second kappa shape index (κ2) is 9.38. The van der Waals surface area contributed by atoms with Gasteiger partial charge in [-0.15, -0.1) is 0 Å². The van der Waals surface area contributed by atoms with Crippen molar-refractivity contribution in [3.63, 3.8) is 0 Å². The first-order valence-corrected chi connectivity index (χ1v) is 10.9. The number of rotatable bonds is 6. The number of carbonyl (C=O) groups excluding carboxylic acids is 1. The quantitative estimate of drug-likeness (QED) is 0.383. The Morgan fingerprint density at radius 3 is 2.47 bits per heavy atom. The molecule has 1 aromatic heterocycles. The van der Waals surface area contributed by atoms with Gasteiger partial charge in [0.25, 0.3) is 5.56 Å². The summed E-state index contributed by atoms with van der Waals surface area (Å²) in [4.78, 5) is 25.2. The minimum atomic E-state index is -4.44. The maximum atomic E-state index is 13.1. The fourth-order valence-electron chi connectivity index (χ4n) is 3.84. The number of anilines is 1. The summed E-state index contributed by atoms with van der Waals surface area (Å²) >= 11 is 5.97. The SMILES string of the molecule is Cn1c(=O)c2cc(NC(=O)CCc3cccc(Cl)c3)ccc2n1Cc1cccc(C(F)(F)F)c1. The molecular weight excluding hydrogens is 467 g/mol. The van der Waals surface area contributed by atoms with Crippen LogP contribution < -0.4 is 10.9 Å². The van der Waals surface area contributed by atoms with E-state index in [0.717, 1.165) is 17.7 Å². The van der Waals surface area contributed by atoms with Gasteiger partial charge in [-0.25, -0.2) is 0 Å². The first-order chi connectivity index (χ1) is 16.1. The second-order valence-electron chi connectivity index (χ2n) is 7.99. The molecule has 0 aliphatic carbocycles. The molecule has 0 aliphatic rings. The number of hydrogen-bond donors (Lipinski definition) is 1. The molecule has 9 heteroatoms. The summed E-state index contributed by atoms with van der Waals surface area (Å²) in [7, 11) is 1.55. The second-order valence-corrected chi connectivity index (χ2v) is 8.43. The zero-order valence-electron chi connectivity index (χ0n) is 18.2. The fraction of sp³-hybridized carbons (Fsp3) is 0.200. The maximum Gasteiger partial charge on any atom is 0.416 e. The Bertz CT molecular complexity index is 1420. The molecule has 1 amide bonds. The van der Waals surface area contributed by atoms with E-state index >= 15 is 0 Å². The van der Waals surface area contributed by atoms with E-state index in [1.807, 2.05) is 12.1 Å². The van der Waals surface area contributed by atoms with Gasteiger partial charge >= 0.3 is 6.18 Å². The highest BCUT2D eigenvalue weighted by Gasteiger charge is 2.30. The maximum absolute atomic E-state index is 13.1. The van der Waals surface area contributed by atoms with Crippen molar-refractivity contribution in [3.8, 4) is 0 Å². The highest BCUT2D eigenvalue weighted by molar-refractivity contribution is 6.30. The van der Waals surface area contributed by atoms with Crippen LogP contribution in [0, 0.1) is 0 Å². The van der Waals surface area contributed by atoms with Crippen LogP contribution in [0.15, 0.2) is 71.5 Å². The molecule has 5 nitrogen and oxygen atoms in total. The number of fused-ring (bicyclic) bond motifs is 1. The third-order valence-electron chi connectivity index (χ3n) is 5.56. The van der Waals surface area contributed by atoms with Gasteiger partial charge in [-0.2, -0.15) is 13.2 Å². The van der Waals surface area contributed by atoms with E-state index in [1.165, 1.54) is 10.7 Å². The number of hydrogen-bond acceptors (Lipinski definition) is 2. The molecule has 0 spiro atoms. The molecule has 0 saturated carbocycles. The summed E-state index contributed by atoms with van der Waals surface area (Å²) in [6, 6.07) is 17.2. The number of aryl methyl sites for hydroxylation is 1. The van der Waals surface area contributed by atoms with Crippen LogP contribution in [0.2, 0.25) is 5.02 Å². The third kappa shape index (κ3) is 5.17. The zero-order valence-corrected chi connectivity index (χ0v) is 19.0. The van der Waals surface area contributed by atoms with E-state index in [0.29, 0.717) is 33.6 Å². The molecule has 0 fully saturated rings. The summed E-state index contributed by atoms with van der Waals surface area (Å²) in [5.41, 5.74) is 1.34. The van der Waals surface area contributed by atoms with Gasteiger partial charge in [-0.05, 0) is 60.0 Å². The van der Waals surface area contributed by atoms with E-state index in [9.17, 15) is 22.8 Å². The van der Waals surface area contributed by atoms with Gasteiger partial charge in [-0.1, -0.05) is 35.9 Å². The number of benzene rings is 3. The van der Waals surface area contributed by atoms with Crippen LogP contribution in [0.3, 0.4) is 0 Å². The van der Waals surface area contributed by atoms with Gasteiger partial charge in [0, 0.05) is 24.2 Å². The lowest BCUT2D eigenvalue weighted by molar-refractivity contribution is -0.137. The number of carbonyl (C=O) groups is 1. The van der Waals surface area contributed by atoms with Crippen molar-refractivity contribution in [2.45, 2.75) is 25.6 Å². The minimum absolute atomic E-state index is 0.0878. The number of nitrogens with zero attached hydrogens (tertiary/aromatic N) is 2. The van der Waals surface area contributed by atoms with Crippen molar-refractivity contribution in [1.29, 1.82) is 0 Å². The average Bonchev–Trinajstić information content (AvgIpc) is 3.02. The van der Waals surface area contributed by atoms with Crippen LogP contribution in [0.25, 0.3) is 10.9 Å². The minimum Gasteiger partial charge on any atom is -0.326 e. The number of aromatic nitrogens is 2. The molecule has 0 saturated heterocycles. The van der Waals surface area contributed by atoms with Crippen molar-refractivity contribution in [2.24, 2.45) is 7.05 Å². The molecule has 0 radical (unpaired) electrons. The normalized spacial score (nSPS) is 11.7. The van der Waals surface area contributed by atoms with Crippen molar-refractivity contribution in [2.75, 3.05) is 5.32 Å². The Hall–Kier alpha value is -3.52.